The molecule has 0 bridgehead atoms. The van der Waals surface area contributed by atoms with Crippen LogP contribution in [0.1, 0.15) is 12.5 Å². The lowest BCUT2D eigenvalue weighted by Crippen LogP contribution is -2.40. The SMILES string of the molecule is CCOc1c(Cl)cc(/C=C/C(=O)Nc2cccc(S(=O)(=O)N3CCOCC3)c2)cc1OC. The molecule has 10 heteroatoms. The molecule has 32 heavy (non-hydrogen) atoms. The molecule has 1 amide bonds. The molecule has 1 heterocycles. The minimum absolute atomic E-state index is 0.115. The van der Waals surface area contributed by atoms with Crippen molar-refractivity contribution < 1.29 is 27.4 Å². The first-order valence-corrected chi connectivity index (χ1v) is 11.8. The van der Waals surface area contributed by atoms with Gasteiger partial charge in [-0.2, -0.15) is 4.31 Å². The molecule has 1 aliphatic rings. The number of anilines is 1. The second kappa shape index (κ2) is 10.8. The summed E-state index contributed by atoms with van der Waals surface area (Å²) in [4.78, 5) is 12.5. The Kier molecular flexibility index (Phi) is 8.14. The van der Waals surface area contributed by atoms with Crippen LogP contribution in [-0.4, -0.2) is 58.7 Å². The molecule has 0 saturated carbocycles. The van der Waals surface area contributed by atoms with Gasteiger partial charge in [-0.15, -0.1) is 0 Å². The zero-order valence-electron chi connectivity index (χ0n) is 17.8. The number of hydrogen-bond acceptors (Lipinski definition) is 6. The summed E-state index contributed by atoms with van der Waals surface area (Å²) in [5.74, 6) is 0.479. The summed E-state index contributed by atoms with van der Waals surface area (Å²) in [6.07, 6.45) is 2.91. The molecular formula is C22H25ClN2O6S. The molecule has 0 atom stereocenters. The van der Waals surface area contributed by atoms with E-state index in [-0.39, 0.29) is 4.90 Å². The number of nitrogens with one attached hydrogen (secondary N) is 1. The van der Waals surface area contributed by atoms with Crippen LogP contribution in [0, 0.1) is 0 Å². The van der Waals surface area contributed by atoms with Gasteiger partial charge in [0, 0.05) is 24.9 Å². The number of nitrogens with zero attached hydrogens (tertiary/aromatic N) is 1. The first-order valence-electron chi connectivity index (χ1n) is 10.0. The number of hydrogen-bond donors (Lipinski definition) is 1. The van der Waals surface area contributed by atoms with Crippen LogP contribution < -0.4 is 14.8 Å². The van der Waals surface area contributed by atoms with Gasteiger partial charge in [0.15, 0.2) is 11.5 Å². The Hall–Kier alpha value is -2.59. The Morgan fingerprint density at radius 3 is 2.69 bits per heavy atom. The largest absolute Gasteiger partial charge is 0.493 e. The Morgan fingerprint density at radius 1 is 1.25 bits per heavy atom. The number of methoxy groups -OCH3 is 1. The number of ether oxygens (including phenoxy) is 3. The van der Waals surface area contributed by atoms with E-state index in [1.165, 1.54) is 29.6 Å². The second-order valence-corrected chi connectivity index (χ2v) is 9.18. The number of amides is 1. The first kappa shape index (κ1) is 24.1. The van der Waals surface area contributed by atoms with Crippen molar-refractivity contribution in [1.82, 2.24) is 4.31 Å². The molecule has 0 unspecified atom stereocenters. The highest BCUT2D eigenvalue weighted by Crippen LogP contribution is 2.36. The molecule has 1 N–H and O–H groups in total. The Morgan fingerprint density at radius 2 is 2.00 bits per heavy atom. The summed E-state index contributed by atoms with van der Waals surface area (Å²) < 4.78 is 43.0. The number of morpholine rings is 1. The van der Waals surface area contributed by atoms with E-state index in [1.54, 1.807) is 30.3 Å². The number of rotatable bonds is 8. The zero-order valence-corrected chi connectivity index (χ0v) is 19.4. The fourth-order valence-electron chi connectivity index (χ4n) is 3.15. The minimum atomic E-state index is -3.65. The normalized spacial score (nSPS) is 15.0. The van der Waals surface area contributed by atoms with Gasteiger partial charge in [0.05, 0.1) is 36.8 Å². The van der Waals surface area contributed by atoms with Crippen molar-refractivity contribution in [2.45, 2.75) is 11.8 Å². The van der Waals surface area contributed by atoms with Crippen LogP contribution in [0.25, 0.3) is 6.08 Å². The maximum atomic E-state index is 12.8. The van der Waals surface area contributed by atoms with Crippen LogP contribution >= 0.6 is 11.6 Å². The maximum Gasteiger partial charge on any atom is 0.248 e. The quantitative estimate of drug-likeness (QED) is 0.582. The van der Waals surface area contributed by atoms with Crippen molar-refractivity contribution in [3.8, 4) is 11.5 Å². The zero-order chi connectivity index (χ0) is 23.1. The van der Waals surface area contributed by atoms with E-state index in [0.717, 1.165) is 0 Å². The van der Waals surface area contributed by atoms with Crippen molar-refractivity contribution >= 4 is 39.3 Å². The molecule has 0 aliphatic carbocycles. The topological polar surface area (TPSA) is 94.2 Å². The molecule has 0 radical (unpaired) electrons. The van der Waals surface area contributed by atoms with Crippen molar-refractivity contribution in [2.75, 3.05) is 45.3 Å². The average Bonchev–Trinajstić information content (AvgIpc) is 2.80. The van der Waals surface area contributed by atoms with Crippen molar-refractivity contribution in [3.05, 3.63) is 53.1 Å². The number of benzene rings is 2. The smallest absolute Gasteiger partial charge is 0.248 e. The van der Waals surface area contributed by atoms with Crippen molar-refractivity contribution in [1.29, 1.82) is 0 Å². The molecule has 1 aliphatic heterocycles. The minimum Gasteiger partial charge on any atom is -0.493 e. The molecule has 0 aromatic heterocycles. The van der Waals surface area contributed by atoms with Gasteiger partial charge >= 0.3 is 0 Å². The highest BCUT2D eigenvalue weighted by atomic mass is 35.5. The highest BCUT2D eigenvalue weighted by Gasteiger charge is 2.26. The summed E-state index contributed by atoms with van der Waals surface area (Å²) >= 11 is 6.25. The molecule has 0 spiro atoms. The van der Waals surface area contributed by atoms with Gasteiger partial charge in [0.1, 0.15) is 0 Å². The van der Waals surface area contributed by atoms with E-state index < -0.39 is 15.9 Å². The van der Waals surface area contributed by atoms with E-state index >= 15 is 0 Å². The fourth-order valence-corrected chi connectivity index (χ4v) is 4.87. The molecule has 3 rings (SSSR count). The Balaban J connectivity index is 1.72. The summed E-state index contributed by atoms with van der Waals surface area (Å²) in [7, 11) is -2.15. The van der Waals surface area contributed by atoms with Gasteiger partial charge in [-0.3, -0.25) is 4.79 Å². The predicted octanol–water partition coefficient (Wildman–Crippen LogP) is 3.42. The standard InChI is InChI=1S/C22H25ClN2O6S/c1-3-31-22-19(23)13-16(14-20(22)29-2)7-8-21(26)24-17-5-4-6-18(15-17)32(27,28)25-9-11-30-12-10-25/h4-8,13-15H,3,9-12H2,1-2H3,(H,24,26)/b8-7+. The van der Waals surface area contributed by atoms with Gasteiger partial charge in [-0.1, -0.05) is 17.7 Å². The predicted molar refractivity (Wildman–Crippen MR) is 123 cm³/mol. The Labute approximate surface area is 192 Å². The van der Waals surface area contributed by atoms with Gasteiger partial charge < -0.3 is 19.5 Å². The lowest BCUT2D eigenvalue weighted by Gasteiger charge is -2.26. The molecule has 2 aromatic rings. The van der Waals surface area contributed by atoms with E-state index in [9.17, 15) is 13.2 Å². The van der Waals surface area contributed by atoms with Gasteiger partial charge in [0.2, 0.25) is 15.9 Å². The van der Waals surface area contributed by atoms with E-state index in [2.05, 4.69) is 5.32 Å². The monoisotopic (exact) mass is 480 g/mol. The molecule has 1 saturated heterocycles. The van der Waals surface area contributed by atoms with Crippen molar-refractivity contribution in [2.24, 2.45) is 0 Å². The average molecular weight is 481 g/mol. The summed E-state index contributed by atoms with van der Waals surface area (Å²) in [5, 5.41) is 3.05. The number of sulfonamides is 1. The van der Waals surface area contributed by atoms with Crippen LogP contribution in [0.2, 0.25) is 5.02 Å². The third-order valence-corrected chi connectivity index (χ3v) is 6.85. The van der Waals surface area contributed by atoms with Crippen LogP contribution in [0.15, 0.2) is 47.4 Å². The van der Waals surface area contributed by atoms with Gasteiger partial charge in [-0.05, 0) is 48.9 Å². The molecular weight excluding hydrogens is 456 g/mol. The van der Waals surface area contributed by atoms with E-state index in [1.807, 2.05) is 6.92 Å². The van der Waals surface area contributed by atoms with Crippen LogP contribution in [0.5, 0.6) is 11.5 Å². The number of carbonyl (C=O) groups is 1. The van der Waals surface area contributed by atoms with Gasteiger partial charge in [0.25, 0.3) is 0 Å². The van der Waals surface area contributed by atoms with Crippen LogP contribution in [-0.2, 0) is 19.6 Å². The van der Waals surface area contributed by atoms with Gasteiger partial charge in [-0.25, -0.2) is 8.42 Å². The van der Waals surface area contributed by atoms with E-state index in [0.29, 0.717) is 60.7 Å². The maximum absolute atomic E-state index is 12.8. The summed E-state index contributed by atoms with van der Waals surface area (Å²) in [5.41, 5.74) is 1.02. The van der Waals surface area contributed by atoms with E-state index in [4.69, 9.17) is 25.8 Å². The molecule has 172 valence electrons. The van der Waals surface area contributed by atoms with Crippen molar-refractivity contribution in [3.63, 3.8) is 0 Å². The Bertz CT molecular complexity index is 1100. The lowest BCUT2D eigenvalue weighted by atomic mass is 10.2. The fraction of sp³-hybridized carbons (Fsp3) is 0.318. The summed E-state index contributed by atoms with van der Waals surface area (Å²) in [6.45, 7) is 3.61. The summed E-state index contributed by atoms with van der Waals surface area (Å²) in [6, 6.07) is 9.52. The van der Waals surface area contributed by atoms with Crippen LogP contribution in [0.3, 0.4) is 0 Å². The molecule has 8 nitrogen and oxygen atoms in total. The highest BCUT2D eigenvalue weighted by molar-refractivity contribution is 7.89. The first-order chi connectivity index (χ1) is 15.3. The number of halogens is 1. The number of carbonyl (C=O) groups excluding carboxylic acids is 1. The lowest BCUT2D eigenvalue weighted by molar-refractivity contribution is -0.111. The third kappa shape index (κ3) is 5.80. The third-order valence-electron chi connectivity index (χ3n) is 4.68. The second-order valence-electron chi connectivity index (χ2n) is 6.83. The van der Waals surface area contributed by atoms with Crippen LogP contribution in [0.4, 0.5) is 5.69 Å². The molecule has 2 aromatic carbocycles. The molecule has 1 fully saturated rings.